The van der Waals surface area contributed by atoms with Gasteiger partial charge in [0.05, 0.1) is 5.92 Å². The zero-order chi connectivity index (χ0) is 14.2. The van der Waals surface area contributed by atoms with Gasteiger partial charge in [0, 0.05) is 23.2 Å². The molecule has 1 aliphatic heterocycles. The highest BCUT2D eigenvalue weighted by atomic mass is 32.2. The summed E-state index contributed by atoms with van der Waals surface area (Å²) in [5.74, 6) is -0.282. The Hall–Kier alpha value is -1.55. The highest BCUT2D eigenvalue weighted by Crippen LogP contribution is 2.44. The number of thioether (sulfide) groups is 1. The maximum Gasteiger partial charge on any atom is 0.239 e. The molecule has 1 atom stereocenters. The van der Waals surface area contributed by atoms with Crippen LogP contribution in [0, 0.1) is 0 Å². The highest BCUT2D eigenvalue weighted by Gasteiger charge is 2.38. The van der Waals surface area contributed by atoms with Crippen molar-refractivity contribution in [1.82, 2.24) is 0 Å². The predicted octanol–water partition coefficient (Wildman–Crippen LogP) is 2.97. The van der Waals surface area contributed by atoms with E-state index in [0.717, 1.165) is 16.2 Å². The molecule has 19 heavy (non-hydrogen) atoms. The number of amides is 1. The van der Waals surface area contributed by atoms with Gasteiger partial charge in [-0.25, -0.2) is 0 Å². The van der Waals surface area contributed by atoms with Gasteiger partial charge in [0.25, 0.3) is 0 Å². The molecular weight excluding hydrogens is 258 g/mol. The lowest BCUT2D eigenvalue weighted by Crippen LogP contribution is -2.25. The molecule has 0 spiro atoms. The van der Waals surface area contributed by atoms with E-state index in [9.17, 15) is 9.59 Å². The van der Waals surface area contributed by atoms with Crippen molar-refractivity contribution in [3.05, 3.63) is 40.3 Å². The average molecular weight is 275 g/mol. The second-order valence-electron chi connectivity index (χ2n) is 4.64. The molecule has 1 aromatic carbocycles. The molecule has 100 valence electrons. The van der Waals surface area contributed by atoms with E-state index in [1.54, 1.807) is 25.8 Å². The largest absolute Gasteiger partial charge is 0.314 e. The van der Waals surface area contributed by atoms with Crippen molar-refractivity contribution in [3.63, 3.8) is 0 Å². The number of hydrogen-bond acceptors (Lipinski definition) is 3. The van der Waals surface area contributed by atoms with Gasteiger partial charge in [-0.2, -0.15) is 0 Å². The molecule has 0 aromatic heterocycles. The van der Waals surface area contributed by atoms with Crippen LogP contribution in [-0.4, -0.2) is 25.0 Å². The summed E-state index contributed by atoms with van der Waals surface area (Å²) in [4.78, 5) is 26.6. The van der Waals surface area contributed by atoms with E-state index in [4.69, 9.17) is 0 Å². The van der Waals surface area contributed by atoms with Gasteiger partial charge in [-0.1, -0.05) is 18.2 Å². The number of fused-ring (bicyclic) bond motifs is 1. The van der Waals surface area contributed by atoms with Gasteiger partial charge >= 0.3 is 0 Å². The average Bonchev–Trinajstić information content (AvgIpc) is 2.65. The smallest absolute Gasteiger partial charge is 0.239 e. The summed E-state index contributed by atoms with van der Waals surface area (Å²) in [7, 11) is 1.78. The number of hydrogen-bond donors (Lipinski definition) is 0. The Morgan fingerprint density at radius 2 is 1.89 bits per heavy atom. The molecule has 1 unspecified atom stereocenters. The number of Topliss-reactive ketones (excluding diaryl/α,β-unsaturated/α-hetero) is 1. The van der Waals surface area contributed by atoms with E-state index >= 15 is 0 Å². The molecule has 0 radical (unpaired) electrons. The predicted molar refractivity (Wildman–Crippen MR) is 79.5 cm³/mol. The van der Waals surface area contributed by atoms with Crippen molar-refractivity contribution < 1.29 is 9.59 Å². The molecule has 0 saturated carbocycles. The Balaban J connectivity index is 2.60. The molecule has 1 aliphatic rings. The van der Waals surface area contributed by atoms with Crippen LogP contribution in [0.2, 0.25) is 0 Å². The summed E-state index contributed by atoms with van der Waals surface area (Å²) in [5.41, 5.74) is 2.59. The Morgan fingerprint density at radius 1 is 1.26 bits per heavy atom. The molecule has 0 bridgehead atoms. The van der Waals surface area contributed by atoms with E-state index in [-0.39, 0.29) is 17.6 Å². The van der Waals surface area contributed by atoms with Crippen LogP contribution < -0.4 is 4.90 Å². The molecule has 0 fully saturated rings. The fraction of sp³-hybridized carbons (Fsp3) is 0.333. The summed E-state index contributed by atoms with van der Waals surface area (Å²) < 4.78 is 0. The number of allylic oxidation sites excluding steroid dienone is 1. The second-order valence-corrected chi connectivity index (χ2v) is 5.49. The molecule has 4 heteroatoms. The van der Waals surface area contributed by atoms with Crippen molar-refractivity contribution in [2.24, 2.45) is 0 Å². The van der Waals surface area contributed by atoms with E-state index < -0.39 is 0 Å². The first-order valence-corrected chi connectivity index (χ1v) is 7.33. The summed E-state index contributed by atoms with van der Waals surface area (Å²) in [5, 5.41) is 0. The first-order valence-electron chi connectivity index (χ1n) is 6.11. The van der Waals surface area contributed by atoms with Crippen molar-refractivity contribution in [1.29, 1.82) is 0 Å². The Bertz CT molecular complexity index is 577. The fourth-order valence-corrected chi connectivity index (χ4v) is 3.31. The number of carbonyl (C=O) groups excluding carboxylic acids is 2. The maximum absolute atomic E-state index is 12.5. The maximum atomic E-state index is 12.5. The summed E-state index contributed by atoms with van der Waals surface area (Å²) >= 11 is 1.48. The molecular formula is C15H17NO2S. The van der Waals surface area contributed by atoms with Crippen molar-refractivity contribution >= 4 is 29.1 Å². The van der Waals surface area contributed by atoms with Crippen LogP contribution >= 0.6 is 11.8 Å². The fourth-order valence-electron chi connectivity index (χ4n) is 2.40. The Labute approximate surface area is 117 Å². The third-order valence-corrected chi connectivity index (χ3v) is 4.55. The molecule has 1 aromatic rings. The zero-order valence-corrected chi connectivity index (χ0v) is 12.4. The molecule has 1 heterocycles. The van der Waals surface area contributed by atoms with E-state index in [0.29, 0.717) is 5.57 Å². The Morgan fingerprint density at radius 3 is 2.47 bits per heavy atom. The lowest BCUT2D eigenvalue weighted by atomic mass is 9.97. The summed E-state index contributed by atoms with van der Waals surface area (Å²) in [6.07, 6.45) is 1.91. The second kappa shape index (κ2) is 5.21. The monoisotopic (exact) mass is 275 g/mol. The number of rotatable bonds is 3. The van der Waals surface area contributed by atoms with E-state index in [2.05, 4.69) is 0 Å². The van der Waals surface area contributed by atoms with E-state index in [1.165, 1.54) is 11.8 Å². The standard InChI is InChI=1S/C15H17NO2S/c1-9(10(2)17)14(19-4)13-11-7-5-6-8-12(11)16(3)15(13)18/h5-8,13H,1-4H3/b14-9+. The molecule has 1 amide bonds. The number of carbonyl (C=O) groups is 2. The molecule has 0 aliphatic carbocycles. The van der Waals surface area contributed by atoms with Crippen molar-refractivity contribution in [2.45, 2.75) is 19.8 Å². The number of para-hydroxylation sites is 1. The van der Waals surface area contributed by atoms with Gasteiger partial charge in [-0.05, 0) is 31.7 Å². The minimum Gasteiger partial charge on any atom is -0.314 e. The third kappa shape index (κ3) is 2.21. The summed E-state index contributed by atoms with van der Waals surface area (Å²) in [6, 6.07) is 7.75. The van der Waals surface area contributed by atoms with Crippen LogP contribution in [0.4, 0.5) is 5.69 Å². The lowest BCUT2D eigenvalue weighted by molar-refractivity contribution is -0.118. The normalized spacial score (nSPS) is 19.3. The van der Waals surface area contributed by atoms with Crippen LogP contribution in [0.5, 0.6) is 0 Å². The molecule has 3 nitrogen and oxygen atoms in total. The topological polar surface area (TPSA) is 37.4 Å². The molecule has 0 saturated heterocycles. The number of anilines is 1. The quantitative estimate of drug-likeness (QED) is 0.796. The zero-order valence-electron chi connectivity index (χ0n) is 11.6. The molecule has 0 N–H and O–H groups in total. The lowest BCUT2D eigenvalue weighted by Gasteiger charge is -2.15. The first-order chi connectivity index (χ1) is 8.99. The van der Waals surface area contributed by atoms with Crippen LogP contribution in [0.1, 0.15) is 25.3 Å². The Kier molecular flexibility index (Phi) is 3.80. The third-order valence-electron chi connectivity index (χ3n) is 3.57. The molecule has 2 rings (SSSR count). The van der Waals surface area contributed by atoms with Gasteiger partial charge < -0.3 is 4.90 Å². The minimum atomic E-state index is -0.333. The van der Waals surface area contributed by atoms with Crippen LogP contribution in [0.25, 0.3) is 0 Å². The number of ketones is 1. The van der Waals surface area contributed by atoms with Gasteiger partial charge in [0.15, 0.2) is 5.78 Å². The van der Waals surface area contributed by atoms with Crippen LogP contribution in [-0.2, 0) is 9.59 Å². The van der Waals surface area contributed by atoms with Gasteiger partial charge in [0.2, 0.25) is 5.91 Å². The SMILES string of the molecule is CS/C(=C(\C)C(C)=O)C1C(=O)N(C)c2ccccc21. The number of nitrogens with zero attached hydrogens (tertiary/aromatic N) is 1. The van der Waals surface area contributed by atoms with Crippen LogP contribution in [0.3, 0.4) is 0 Å². The van der Waals surface area contributed by atoms with Crippen molar-refractivity contribution in [2.75, 3.05) is 18.2 Å². The van der Waals surface area contributed by atoms with Gasteiger partial charge in [-0.3, -0.25) is 9.59 Å². The van der Waals surface area contributed by atoms with E-state index in [1.807, 2.05) is 30.5 Å². The number of benzene rings is 1. The van der Waals surface area contributed by atoms with Crippen LogP contribution in [0.15, 0.2) is 34.7 Å². The van der Waals surface area contributed by atoms with Crippen molar-refractivity contribution in [3.8, 4) is 0 Å². The highest BCUT2D eigenvalue weighted by molar-refractivity contribution is 8.02. The number of likely N-dealkylation sites (N-methyl/N-ethyl adjacent to an activating group) is 1. The summed E-state index contributed by atoms with van der Waals surface area (Å²) in [6.45, 7) is 3.34. The van der Waals surface area contributed by atoms with Gasteiger partial charge in [-0.15, -0.1) is 11.8 Å². The van der Waals surface area contributed by atoms with Gasteiger partial charge in [0.1, 0.15) is 0 Å². The minimum absolute atomic E-state index is 0.0178. The first kappa shape index (κ1) is 13.9.